The van der Waals surface area contributed by atoms with E-state index in [2.05, 4.69) is 10.3 Å². The minimum absolute atomic E-state index is 0.184. The fourth-order valence-corrected chi connectivity index (χ4v) is 2.39. The molecule has 1 heterocycles. The molecule has 0 aromatic carbocycles. The van der Waals surface area contributed by atoms with Crippen molar-refractivity contribution in [2.75, 3.05) is 51.6 Å². The van der Waals surface area contributed by atoms with Gasteiger partial charge in [0.15, 0.2) is 5.13 Å². The van der Waals surface area contributed by atoms with Gasteiger partial charge in [-0.3, -0.25) is 4.79 Å². The predicted octanol–water partition coefficient (Wildman–Crippen LogP) is 0.573. The first kappa shape index (κ1) is 16.7. The molecule has 1 atom stereocenters. The fraction of sp³-hybridized carbons (Fsp3) is 0.667. The maximum atomic E-state index is 12.1. The number of nitrogens with two attached hydrogens (primary N) is 1. The normalized spacial score (nSPS) is 12.2. The lowest BCUT2D eigenvalue weighted by molar-refractivity contribution is 0.0286. The SMILES string of the molecule is CCN(C)c1nc(N)c(C(=O)NCC(COC)OC)s1. The van der Waals surface area contributed by atoms with Crippen molar-refractivity contribution in [2.45, 2.75) is 13.0 Å². The third-order valence-electron chi connectivity index (χ3n) is 2.83. The molecule has 1 unspecified atom stereocenters. The van der Waals surface area contributed by atoms with E-state index in [0.717, 1.165) is 11.7 Å². The molecule has 1 aromatic rings. The van der Waals surface area contributed by atoms with Crippen molar-refractivity contribution in [3.05, 3.63) is 4.88 Å². The number of carbonyl (C=O) groups is 1. The Morgan fingerprint density at radius 3 is 2.80 bits per heavy atom. The van der Waals surface area contributed by atoms with Gasteiger partial charge in [-0.15, -0.1) is 0 Å². The van der Waals surface area contributed by atoms with Gasteiger partial charge in [0.1, 0.15) is 10.7 Å². The molecule has 0 aliphatic rings. The summed E-state index contributed by atoms with van der Waals surface area (Å²) < 4.78 is 10.2. The van der Waals surface area contributed by atoms with Gasteiger partial charge in [-0.1, -0.05) is 11.3 Å². The molecule has 114 valence electrons. The van der Waals surface area contributed by atoms with Gasteiger partial charge in [0.25, 0.3) is 5.91 Å². The van der Waals surface area contributed by atoms with Crippen LogP contribution in [0.15, 0.2) is 0 Å². The Morgan fingerprint density at radius 1 is 1.55 bits per heavy atom. The van der Waals surface area contributed by atoms with Gasteiger partial charge in [0.05, 0.1) is 12.7 Å². The summed E-state index contributed by atoms with van der Waals surface area (Å²) in [4.78, 5) is 18.6. The minimum Gasteiger partial charge on any atom is -0.382 e. The number of carbonyl (C=O) groups excluding carboxylic acids is 1. The fourth-order valence-electron chi connectivity index (χ4n) is 1.46. The van der Waals surface area contributed by atoms with Crippen LogP contribution in [0.1, 0.15) is 16.6 Å². The first-order chi connectivity index (χ1) is 9.53. The Hall–Kier alpha value is -1.38. The molecular weight excluding hydrogens is 280 g/mol. The van der Waals surface area contributed by atoms with Gasteiger partial charge in [-0.05, 0) is 6.92 Å². The van der Waals surface area contributed by atoms with Gasteiger partial charge in [0, 0.05) is 34.4 Å². The van der Waals surface area contributed by atoms with Crippen LogP contribution in [0.4, 0.5) is 10.9 Å². The second-order valence-electron chi connectivity index (χ2n) is 4.25. The number of anilines is 2. The molecule has 0 aliphatic carbocycles. The lowest BCUT2D eigenvalue weighted by atomic mass is 10.3. The summed E-state index contributed by atoms with van der Waals surface area (Å²) in [6.45, 7) is 3.58. The Labute approximate surface area is 123 Å². The van der Waals surface area contributed by atoms with Crippen molar-refractivity contribution < 1.29 is 14.3 Å². The lowest BCUT2D eigenvalue weighted by Gasteiger charge is -2.14. The first-order valence-electron chi connectivity index (χ1n) is 6.30. The summed E-state index contributed by atoms with van der Waals surface area (Å²) in [7, 11) is 5.06. The summed E-state index contributed by atoms with van der Waals surface area (Å²) in [6, 6.07) is 0. The minimum atomic E-state index is -0.242. The molecule has 0 bridgehead atoms. The number of nitrogen functional groups attached to an aromatic ring is 1. The molecule has 0 fully saturated rings. The smallest absolute Gasteiger partial charge is 0.265 e. The van der Waals surface area contributed by atoms with E-state index in [0.29, 0.717) is 18.0 Å². The topological polar surface area (TPSA) is 89.7 Å². The molecule has 1 aromatic heterocycles. The van der Waals surface area contributed by atoms with E-state index in [1.165, 1.54) is 11.3 Å². The summed E-state index contributed by atoms with van der Waals surface area (Å²) in [6.07, 6.45) is -0.184. The first-order valence-corrected chi connectivity index (χ1v) is 7.12. The highest BCUT2D eigenvalue weighted by Crippen LogP contribution is 2.27. The molecule has 8 heteroatoms. The molecule has 7 nitrogen and oxygen atoms in total. The Bertz CT molecular complexity index is 438. The molecule has 0 saturated heterocycles. The molecular formula is C12H22N4O3S. The predicted molar refractivity (Wildman–Crippen MR) is 80.5 cm³/mol. The highest BCUT2D eigenvalue weighted by Gasteiger charge is 2.18. The van der Waals surface area contributed by atoms with Gasteiger partial charge in [-0.2, -0.15) is 0 Å². The van der Waals surface area contributed by atoms with Crippen LogP contribution in [-0.4, -0.2) is 58.0 Å². The largest absolute Gasteiger partial charge is 0.382 e. The van der Waals surface area contributed by atoms with Crippen molar-refractivity contribution in [3.63, 3.8) is 0 Å². The van der Waals surface area contributed by atoms with E-state index in [4.69, 9.17) is 15.2 Å². The van der Waals surface area contributed by atoms with Gasteiger partial charge in [-0.25, -0.2) is 4.98 Å². The van der Waals surface area contributed by atoms with Crippen molar-refractivity contribution in [1.82, 2.24) is 10.3 Å². The average Bonchev–Trinajstić information content (AvgIpc) is 2.84. The number of amides is 1. The number of aromatic nitrogens is 1. The molecule has 3 N–H and O–H groups in total. The zero-order valence-electron chi connectivity index (χ0n) is 12.3. The van der Waals surface area contributed by atoms with Crippen LogP contribution < -0.4 is 16.0 Å². The zero-order valence-corrected chi connectivity index (χ0v) is 13.1. The van der Waals surface area contributed by atoms with Crippen LogP contribution in [0.25, 0.3) is 0 Å². The molecule has 1 amide bonds. The van der Waals surface area contributed by atoms with E-state index in [-0.39, 0.29) is 17.8 Å². The standard InChI is InChI=1S/C12H22N4O3S/c1-5-16(2)12-15-10(13)9(20-12)11(17)14-6-8(19-4)7-18-3/h8H,5-7,13H2,1-4H3,(H,14,17). The Kier molecular flexibility index (Phi) is 6.69. The van der Waals surface area contributed by atoms with Crippen LogP contribution in [0.5, 0.6) is 0 Å². The average molecular weight is 302 g/mol. The number of nitrogens with one attached hydrogen (secondary N) is 1. The van der Waals surface area contributed by atoms with Crippen LogP contribution in [0.3, 0.4) is 0 Å². The second kappa shape index (κ2) is 8.03. The summed E-state index contributed by atoms with van der Waals surface area (Å²) in [5.41, 5.74) is 5.79. The van der Waals surface area contributed by atoms with Crippen molar-refractivity contribution >= 4 is 28.2 Å². The van der Waals surface area contributed by atoms with Gasteiger partial charge < -0.3 is 25.4 Å². The highest BCUT2D eigenvalue weighted by atomic mass is 32.1. The molecule has 1 rings (SSSR count). The number of nitrogens with zero attached hydrogens (tertiary/aromatic N) is 2. The van der Waals surface area contributed by atoms with Gasteiger partial charge in [0.2, 0.25) is 0 Å². The summed E-state index contributed by atoms with van der Waals surface area (Å²) in [5, 5.41) is 3.51. The van der Waals surface area contributed by atoms with Crippen molar-refractivity contribution in [1.29, 1.82) is 0 Å². The Balaban J connectivity index is 2.65. The summed E-state index contributed by atoms with van der Waals surface area (Å²) >= 11 is 1.28. The van der Waals surface area contributed by atoms with Gasteiger partial charge >= 0.3 is 0 Å². The van der Waals surface area contributed by atoms with Crippen LogP contribution in [0, 0.1) is 0 Å². The molecule has 0 saturated carbocycles. The van der Waals surface area contributed by atoms with Crippen LogP contribution in [-0.2, 0) is 9.47 Å². The molecule has 0 aliphatic heterocycles. The van der Waals surface area contributed by atoms with E-state index < -0.39 is 0 Å². The molecule has 0 radical (unpaired) electrons. The third kappa shape index (κ3) is 4.32. The summed E-state index contributed by atoms with van der Waals surface area (Å²) in [5.74, 6) is 0.0115. The third-order valence-corrected chi connectivity index (χ3v) is 4.01. The van der Waals surface area contributed by atoms with Crippen LogP contribution in [0.2, 0.25) is 0 Å². The van der Waals surface area contributed by atoms with Crippen molar-refractivity contribution in [3.8, 4) is 0 Å². The zero-order chi connectivity index (χ0) is 15.1. The monoisotopic (exact) mass is 302 g/mol. The van der Waals surface area contributed by atoms with E-state index >= 15 is 0 Å². The van der Waals surface area contributed by atoms with Crippen LogP contribution >= 0.6 is 11.3 Å². The lowest BCUT2D eigenvalue weighted by Crippen LogP contribution is -2.35. The number of hydrogen-bond donors (Lipinski definition) is 2. The number of methoxy groups -OCH3 is 2. The van der Waals surface area contributed by atoms with E-state index in [1.807, 2.05) is 18.9 Å². The van der Waals surface area contributed by atoms with E-state index in [1.54, 1.807) is 14.2 Å². The highest BCUT2D eigenvalue weighted by molar-refractivity contribution is 7.18. The van der Waals surface area contributed by atoms with E-state index in [9.17, 15) is 4.79 Å². The maximum absolute atomic E-state index is 12.1. The second-order valence-corrected chi connectivity index (χ2v) is 5.23. The number of rotatable bonds is 8. The molecule has 20 heavy (non-hydrogen) atoms. The number of ether oxygens (including phenoxy) is 2. The Morgan fingerprint density at radius 2 is 2.25 bits per heavy atom. The van der Waals surface area contributed by atoms with Crippen molar-refractivity contribution in [2.24, 2.45) is 0 Å². The maximum Gasteiger partial charge on any atom is 0.265 e. The quantitative estimate of drug-likeness (QED) is 0.730. The molecule has 0 spiro atoms. The number of hydrogen-bond acceptors (Lipinski definition) is 7. The number of thiazole rings is 1.